The van der Waals surface area contributed by atoms with E-state index in [1.165, 1.54) is 0 Å². The second kappa shape index (κ2) is 9.64. The average Bonchev–Trinajstić information content (AvgIpc) is 2.64. The minimum atomic E-state index is -1.71. The number of hydrogen-bond acceptors (Lipinski definition) is 12. The van der Waals surface area contributed by atoms with Crippen LogP contribution < -0.4 is 5.73 Å². The standard InChI is InChI=1S/C14H27NO11/c15-1-2-23-13-11(22)9(20)12(6(4-17)25-13)26-14-10(21)8(19)7(18)5(3-16)24-14/h5-14,16-22H,1-4,15H2/t5?,6?,7-,8+,9?,10?,11?,12+,13+,14-/m1/s1. The summed E-state index contributed by atoms with van der Waals surface area (Å²) in [5.74, 6) is 0. The summed E-state index contributed by atoms with van der Waals surface area (Å²) in [6.45, 7) is -1.08. The molecule has 5 unspecified atom stereocenters. The number of ether oxygens (including phenoxy) is 4. The Hall–Kier alpha value is -0.480. The Balaban J connectivity index is 2.09. The van der Waals surface area contributed by atoms with Gasteiger partial charge < -0.3 is 60.4 Å². The van der Waals surface area contributed by atoms with Crippen molar-refractivity contribution in [2.45, 2.75) is 61.4 Å². The molecule has 12 heteroatoms. The molecule has 2 fully saturated rings. The van der Waals surface area contributed by atoms with Crippen molar-refractivity contribution in [1.29, 1.82) is 0 Å². The van der Waals surface area contributed by atoms with Gasteiger partial charge in [-0.1, -0.05) is 0 Å². The van der Waals surface area contributed by atoms with Crippen molar-refractivity contribution in [3.05, 3.63) is 0 Å². The van der Waals surface area contributed by atoms with Crippen LogP contribution in [0.25, 0.3) is 0 Å². The van der Waals surface area contributed by atoms with Gasteiger partial charge in [-0.15, -0.1) is 0 Å². The molecule has 0 aromatic heterocycles. The van der Waals surface area contributed by atoms with Crippen LogP contribution in [0.2, 0.25) is 0 Å². The number of aliphatic hydroxyl groups is 7. The van der Waals surface area contributed by atoms with Gasteiger partial charge in [0.15, 0.2) is 12.6 Å². The summed E-state index contributed by atoms with van der Waals surface area (Å²) in [6.07, 6.45) is -14.6. The van der Waals surface area contributed by atoms with Gasteiger partial charge in [0.05, 0.1) is 19.8 Å². The van der Waals surface area contributed by atoms with Crippen molar-refractivity contribution in [2.24, 2.45) is 5.73 Å². The van der Waals surface area contributed by atoms with Gasteiger partial charge in [-0.25, -0.2) is 0 Å². The van der Waals surface area contributed by atoms with E-state index in [0.29, 0.717) is 0 Å². The summed E-state index contributed by atoms with van der Waals surface area (Å²) >= 11 is 0. The van der Waals surface area contributed by atoms with Crippen LogP contribution in [-0.2, 0) is 18.9 Å². The predicted octanol–water partition coefficient (Wildman–Crippen LogP) is -5.41. The first kappa shape index (κ1) is 21.8. The van der Waals surface area contributed by atoms with Crippen molar-refractivity contribution in [1.82, 2.24) is 0 Å². The van der Waals surface area contributed by atoms with Crippen LogP contribution in [0.4, 0.5) is 0 Å². The largest absolute Gasteiger partial charge is 0.394 e. The van der Waals surface area contributed by atoms with Gasteiger partial charge in [0, 0.05) is 6.54 Å². The fraction of sp³-hybridized carbons (Fsp3) is 1.00. The molecular weight excluding hydrogens is 358 g/mol. The lowest BCUT2D eigenvalue weighted by atomic mass is 9.97. The molecule has 12 nitrogen and oxygen atoms in total. The molecule has 0 amide bonds. The molecule has 0 radical (unpaired) electrons. The Morgan fingerprint density at radius 3 is 1.88 bits per heavy atom. The minimum Gasteiger partial charge on any atom is -0.394 e. The molecule has 2 aliphatic rings. The highest BCUT2D eigenvalue weighted by Gasteiger charge is 2.50. The monoisotopic (exact) mass is 385 g/mol. The molecule has 0 saturated carbocycles. The summed E-state index contributed by atoms with van der Waals surface area (Å²) in [5.41, 5.74) is 5.30. The number of rotatable bonds is 7. The van der Waals surface area contributed by atoms with Gasteiger partial charge >= 0.3 is 0 Å². The van der Waals surface area contributed by atoms with Crippen LogP contribution in [0.3, 0.4) is 0 Å². The lowest BCUT2D eigenvalue weighted by molar-refractivity contribution is -0.359. The number of aliphatic hydroxyl groups excluding tert-OH is 7. The molecule has 0 bridgehead atoms. The summed E-state index contributed by atoms with van der Waals surface area (Å²) in [6, 6.07) is 0. The molecule has 0 aromatic rings. The summed E-state index contributed by atoms with van der Waals surface area (Å²) < 4.78 is 21.1. The van der Waals surface area contributed by atoms with Crippen molar-refractivity contribution in [3.63, 3.8) is 0 Å². The molecule has 0 spiro atoms. The zero-order valence-corrected chi connectivity index (χ0v) is 13.9. The summed E-state index contributed by atoms with van der Waals surface area (Å²) in [5, 5.41) is 68.6. The molecule has 26 heavy (non-hydrogen) atoms. The van der Waals surface area contributed by atoms with Crippen LogP contribution in [0.5, 0.6) is 0 Å². The molecule has 0 aliphatic carbocycles. The Kier molecular flexibility index (Phi) is 8.08. The third-order valence-electron chi connectivity index (χ3n) is 4.36. The molecule has 9 N–H and O–H groups in total. The van der Waals surface area contributed by atoms with E-state index in [-0.39, 0.29) is 13.2 Å². The van der Waals surface area contributed by atoms with E-state index in [9.17, 15) is 35.7 Å². The van der Waals surface area contributed by atoms with Gasteiger partial charge in [0.25, 0.3) is 0 Å². The molecular formula is C14H27NO11. The Labute approximate surface area is 149 Å². The highest BCUT2D eigenvalue weighted by atomic mass is 16.7. The highest BCUT2D eigenvalue weighted by Crippen LogP contribution is 2.29. The summed E-state index contributed by atoms with van der Waals surface area (Å²) in [7, 11) is 0. The molecule has 2 heterocycles. The molecule has 154 valence electrons. The van der Waals surface area contributed by atoms with Crippen LogP contribution in [0.1, 0.15) is 0 Å². The van der Waals surface area contributed by atoms with Gasteiger partial charge in [-0.2, -0.15) is 0 Å². The van der Waals surface area contributed by atoms with Crippen molar-refractivity contribution in [2.75, 3.05) is 26.4 Å². The van der Waals surface area contributed by atoms with Gasteiger partial charge in [-0.3, -0.25) is 0 Å². The van der Waals surface area contributed by atoms with Gasteiger partial charge in [0.2, 0.25) is 0 Å². The maximum absolute atomic E-state index is 10.3. The third-order valence-corrected chi connectivity index (χ3v) is 4.36. The van der Waals surface area contributed by atoms with Gasteiger partial charge in [0.1, 0.15) is 48.8 Å². The number of hydrogen-bond donors (Lipinski definition) is 8. The first-order valence-electron chi connectivity index (χ1n) is 8.25. The minimum absolute atomic E-state index is 0.0465. The average molecular weight is 385 g/mol. The van der Waals surface area contributed by atoms with E-state index in [2.05, 4.69) is 0 Å². The fourth-order valence-electron chi connectivity index (χ4n) is 2.88. The first-order chi connectivity index (χ1) is 12.3. The van der Waals surface area contributed by atoms with Crippen LogP contribution >= 0.6 is 0 Å². The predicted molar refractivity (Wildman–Crippen MR) is 81.4 cm³/mol. The third kappa shape index (κ3) is 4.49. The van der Waals surface area contributed by atoms with E-state index in [1.54, 1.807) is 0 Å². The van der Waals surface area contributed by atoms with E-state index in [1.807, 2.05) is 0 Å². The Bertz CT molecular complexity index is 426. The Morgan fingerprint density at radius 2 is 1.31 bits per heavy atom. The zero-order chi connectivity index (χ0) is 19.4. The lowest BCUT2D eigenvalue weighted by Gasteiger charge is -2.45. The maximum atomic E-state index is 10.3. The van der Waals surface area contributed by atoms with E-state index >= 15 is 0 Å². The normalized spacial score (nSPS) is 47.1. The van der Waals surface area contributed by atoms with Crippen molar-refractivity contribution < 1.29 is 54.7 Å². The maximum Gasteiger partial charge on any atom is 0.187 e. The molecule has 2 saturated heterocycles. The second-order valence-corrected chi connectivity index (χ2v) is 6.16. The van der Waals surface area contributed by atoms with E-state index in [0.717, 1.165) is 0 Å². The highest BCUT2D eigenvalue weighted by molar-refractivity contribution is 4.94. The zero-order valence-electron chi connectivity index (χ0n) is 13.9. The lowest BCUT2D eigenvalue weighted by Crippen LogP contribution is -2.64. The van der Waals surface area contributed by atoms with Crippen LogP contribution in [0.15, 0.2) is 0 Å². The number of nitrogens with two attached hydrogens (primary N) is 1. The Morgan fingerprint density at radius 1 is 0.731 bits per heavy atom. The van der Waals surface area contributed by atoms with E-state index in [4.69, 9.17) is 24.7 Å². The fourth-order valence-corrected chi connectivity index (χ4v) is 2.88. The van der Waals surface area contributed by atoms with Gasteiger partial charge in [-0.05, 0) is 0 Å². The topological polar surface area (TPSA) is 205 Å². The molecule has 10 atom stereocenters. The van der Waals surface area contributed by atoms with Crippen LogP contribution in [0, 0.1) is 0 Å². The molecule has 0 aromatic carbocycles. The SMILES string of the molecule is NCCO[C@H]1OC(CO)[C@H](O[C@H]2OC(CO)[C@@H](O)[C@H](O)C2O)C(O)C1O. The van der Waals surface area contributed by atoms with E-state index < -0.39 is 74.6 Å². The van der Waals surface area contributed by atoms with Crippen molar-refractivity contribution >= 4 is 0 Å². The second-order valence-electron chi connectivity index (χ2n) is 6.16. The smallest absolute Gasteiger partial charge is 0.187 e. The molecule has 2 aliphatic heterocycles. The first-order valence-corrected chi connectivity index (χ1v) is 8.25. The summed E-state index contributed by atoms with van der Waals surface area (Å²) in [4.78, 5) is 0. The molecule has 2 rings (SSSR count). The van der Waals surface area contributed by atoms with Crippen molar-refractivity contribution in [3.8, 4) is 0 Å². The van der Waals surface area contributed by atoms with Crippen LogP contribution in [-0.4, -0.2) is 124 Å². The quantitative estimate of drug-likeness (QED) is 0.207.